The summed E-state index contributed by atoms with van der Waals surface area (Å²) >= 11 is 0. The number of carbonyl (C=O) groups excluding carboxylic acids is 3. The number of anilines is 1. The first kappa shape index (κ1) is 23.3. The Morgan fingerprint density at radius 3 is 2.43 bits per heavy atom. The van der Waals surface area contributed by atoms with Gasteiger partial charge < -0.3 is 15.0 Å². The summed E-state index contributed by atoms with van der Waals surface area (Å²) in [4.78, 5) is 39.7. The molecule has 1 aromatic rings. The van der Waals surface area contributed by atoms with Gasteiger partial charge in [0.2, 0.25) is 0 Å². The van der Waals surface area contributed by atoms with Crippen LogP contribution in [-0.4, -0.2) is 66.2 Å². The van der Waals surface area contributed by atoms with Crippen LogP contribution in [0.2, 0.25) is 0 Å². The normalized spacial score (nSPS) is 16.1. The van der Waals surface area contributed by atoms with Crippen molar-refractivity contribution in [3.63, 3.8) is 0 Å². The number of nitrogens with zero attached hydrogens (tertiary/aromatic N) is 3. The molecule has 9 nitrogen and oxygen atoms in total. The lowest BCUT2D eigenvalue weighted by Crippen LogP contribution is -2.40. The zero-order valence-corrected chi connectivity index (χ0v) is 18.3. The Labute approximate surface area is 177 Å². The fourth-order valence-corrected chi connectivity index (χ4v) is 2.94. The number of urea groups is 1. The lowest BCUT2D eigenvalue weighted by molar-refractivity contribution is -0.135. The monoisotopic (exact) mass is 417 g/mol. The van der Waals surface area contributed by atoms with Gasteiger partial charge in [0.1, 0.15) is 11.3 Å². The average molecular weight is 418 g/mol. The van der Waals surface area contributed by atoms with Crippen LogP contribution < -0.4 is 10.7 Å². The number of hydrazone groups is 1. The summed E-state index contributed by atoms with van der Waals surface area (Å²) in [7, 11) is 3.95. The predicted molar refractivity (Wildman–Crippen MR) is 115 cm³/mol. The molecule has 0 atom stereocenters. The molecule has 0 saturated carbocycles. The molecule has 30 heavy (non-hydrogen) atoms. The molecule has 1 saturated heterocycles. The van der Waals surface area contributed by atoms with E-state index < -0.39 is 17.5 Å². The lowest BCUT2D eigenvalue weighted by Gasteiger charge is -2.16. The van der Waals surface area contributed by atoms with E-state index in [1.54, 1.807) is 45.0 Å². The van der Waals surface area contributed by atoms with Crippen molar-refractivity contribution in [2.24, 2.45) is 5.10 Å². The van der Waals surface area contributed by atoms with Crippen molar-refractivity contribution in [3.8, 4) is 0 Å². The minimum Gasteiger partial charge on any atom is -0.461 e. The number of benzene rings is 1. The Morgan fingerprint density at radius 2 is 1.90 bits per heavy atom. The standard InChI is InChI=1S/C21H31N5O4/c1-6-30-18(27)17(8-7-13-25(4)5)24-23-16-11-9-15(10-12-16)14-26-19(28)21(2,3)22-20(26)29/h9-12,23H,6-8,13-14H2,1-5H3,(H,22,29)/b24-17-. The van der Waals surface area contributed by atoms with Crippen LogP contribution in [0.4, 0.5) is 10.5 Å². The largest absolute Gasteiger partial charge is 0.461 e. The molecular formula is C21H31N5O4. The lowest BCUT2D eigenvalue weighted by atomic mass is 10.1. The van der Waals surface area contributed by atoms with Crippen LogP contribution in [0.1, 0.15) is 39.2 Å². The highest BCUT2D eigenvalue weighted by molar-refractivity contribution is 6.36. The van der Waals surface area contributed by atoms with E-state index in [0.717, 1.165) is 18.5 Å². The smallest absolute Gasteiger partial charge is 0.354 e. The fourth-order valence-electron chi connectivity index (χ4n) is 2.94. The molecule has 2 N–H and O–H groups in total. The van der Waals surface area contributed by atoms with Crippen molar-refractivity contribution >= 4 is 29.3 Å². The maximum atomic E-state index is 12.3. The number of esters is 1. The quantitative estimate of drug-likeness (QED) is 0.262. The average Bonchev–Trinajstić information content (AvgIpc) is 2.87. The molecule has 1 aromatic carbocycles. The van der Waals surface area contributed by atoms with Gasteiger partial charge in [-0.2, -0.15) is 5.10 Å². The molecule has 0 spiro atoms. The summed E-state index contributed by atoms with van der Waals surface area (Å²) in [6, 6.07) is 6.78. The van der Waals surface area contributed by atoms with Crippen molar-refractivity contribution < 1.29 is 19.1 Å². The highest BCUT2D eigenvalue weighted by Crippen LogP contribution is 2.20. The van der Waals surface area contributed by atoms with Gasteiger partial charge in [-0.1, -0.05) is 12.1 Å². The summed E-state index contributed by atoms with van der Waals surface area (Å²) in [6.07, 6.45) is 1.29. The molecule has 3 amide bonds. The number of hydrogen-bond acceptors (Lipinski definition) is 7. The molecule has 0 unspecified atom stereocenters. The number of ether oxygens (including phenoxy) is 1. The minimum atomic E-state index is -0.886. The summed E-state index contributed by atoms with van der Waals surface area (Å²) in [5, 5.41) is 6.89. The maximum Gasteiger partial charge on any atom is 0.354 e. The molecule has 1 fully saturated rings. The van der Waals surface area contributed by atoms with Crippen LogP contribution in [0, 0.1) is 0 Å². The van der Waals surface area contributed by atoms with Gasteiger partial charge in [-0.15, -0.1) is 0 Å². The SMILES string of the molecule is CCOC(=O)/C(CCCN(C)C)=N\Nc1ccc(CN2C(=O)NC(C)(C)C2=O)cc1. The first-order valence-corrected chi connectivity index (χ1v) is 10.0. The summed E-state index contributed by atoms with van der Waals surface area (Å²) < 4.78 is 5.08. The van der Waals surface area contributed by atoms with Gasteiger partial charge in [0.15, 0.2) is 0 Å². The van der Waals surface area contributed by atoms with Crippen LogP contribution in [0.15, 0.2) is 29.4 Å². The number of rotatable bonds is 10. The Kier molecular flexibility index (Phi) is 7.93. The zero-order chi connectivity index (χ0) is 22.3. The fraction of sp³-hybridized carbons (Fsp3) is 0.524. The minimum absolute atomic E-state index is 0.191. The van der Waals surface area contributed by atoms with E-state index in [1.807, 2.05) is 19.0 Å². The van der Waals surface area contributed by atoms with E-state index in [9.17, 15) is 14.4 Å². The van der Waals surface area contributed by atoms with Gasteiger partial charge in [0.25, 0.3) is 5.91 Å². The molecule has 0 aromatic heterocycles. The molecule has 0 bridgehead atoms. The third-order valence-electron chi connectivity index (χ3n) is 4.59. The number of carbonyl (C=O) groups is 3. The van der Waals surface area contributed by atoms with E-state index in [-0.39, 0.29) is 12.5 Å². The first-order valence-electron chi connectivity index (χ1n) is 10.0. The van der Waals surface area contributed by atoms with Crippen molar-refractivity contribution in [1.82, 2.24) is 15.1 Å². The Balaban J connectivity index is 2.01. The van der Waals surface area contributed by atoms with Crippen molar-refractivity contribution in [2.45, 2.75) is 45.7 Å². The Hall–Kier alpha value is -2.94. The predicted octanol–water partition coefficient (Wildman–Crippen LogP) is 2.19. The van der Waals surface area contributed by atoms with Gasteiger partial charge in [-0.3, -0.25) is 15.1 Å². The van der Waals surface area contributed by atoms with Crippen molar-refractivity contribution in [1.29, 1.82) is 0 Å². The number of amides is 3. The van der Waals surface area contributed by atoms with Crippen LogP contribution >= 0.6 is 0 Å². The van der Waals surface area contributed by atoms with E-state index in [2.05, 4.69) is 15.8 Å². The van der Waals surface area contributed by atoms with Crippen LogP contribution in [0.25, 0.3) is 0 Å². The molecule has 0 aliphatic carbocycles. The maximum absolute atomic E-state index is 12.3. The van der Waals surface area contributed by atoms with Gasteiger partial charge in [-0.05, 0) is 65.5 Å². The summed E-state index contributed by atoms with van der Waals surface area (Å²) in [5.74, 6) is -0.683. The molecule has 1 aliphatic heterocycles. The third-order valence-corrected chi connectivity index (χ3v) is 4.59. The third kappa shape index (κ3) is 6.28. The van der Waals surface area contributed by atoms with Crippen LogP contribution in [0.3, 0.4) is 0 Å². The molecule has 0 radical (unpaired) electrons. The van der Waals surface area contributed by atoms with Gasteiger partial charge >= 0.3 is 12.0 Å². The first-order chi connectivity index (χ1) is 14.1. The molecule has 1 heterocycles. The topological polar surface area (TPSA) is 103 Å². The molecule has 2 rings (SSSR count). The molecule has 9 heteroatoms. The highest BCUT2D eigenvalue weighted by Gasteiger charge is 2.43. The number of imide groups is 1. The van der Waals surface area contributed by atoms with Crippen LogP contribution in [0.5, 0.6) is 0 Å². The van der Waals surface area contributed by atoms with Crippen molar-refractivity contribution in [3.05, 3.63) is 29.8 Å². The van der Waals surface area contributed by atoms with E-state index in [4.69, 9.17) is 4.74 Å². The van der Waals surface area contributed by atoms with E-state index in [0.29, 0.717) is 24.4 Å². The Morgan fingerprint density at radius 1 is 1.23 bits per heavy atom. The van der Waals surface area contributed by atoms with Crippen LogP contribution in [-0.2, 0) is 20.9 Å². The number of hydrogen-bond donors (Lipinski definition) is 2. The second-order valence-electron chi connectivity index (χ2n) is 7.94. The van der Waals surface area contributed by atoms with E-state index >= 15 is 0 Å². The zero-order valence-electron chi connectivity index (χ0n) is 18.3. The molecule has 164 valence electrons. The van der Waals surface area contributed by atoms with Gasteiger partial charge in [-0.25, -0.2) is 9.59 Å². The Bertz CT molecular complexity index is 802. The van der Waals surface area contributed by atoms with Crippen molar-refractivity contribution in [2.75, 3.05) is 32.7 Å². The van der Waals surface area contributed by atoms with E-state index in [1.165, 1.54) is 4.90 Å². The second kappa shape index (κ2) is 10.2. The summed E-state index contributed by atoms with van der Waals surface area (Å²) in [6.45, 7) is 6.44. The second-order valence-corrected chi connectivity index (χ2v) is 7.94. The highest BCUT2D eigenvalue weighted by atomic mass is 16.5. The summed E-state index contributed by atoms with van der Waals surface area (Å²) in [5.41, 5.74) is 3.83. The number of nitrogens with one attached hydrogen (secondary N) is 2. The molecule has 1 aliphatic rings. The van der Waals surface area contributed by atoms with Gasteiger partial charge in [0.05, 0.1) is 18.8 Å². The molecular weight excluding hydrogens is 386 g/mol. The van der Waals surface area contributed by atoms with Gasteiger partial charge in [0, 0.05) is 6.42 Å².